The van der Waals surface area contributed by atoms with Gasteiger partial charge in [-0.2, -0.15) is 0 Å². The normalized spacial score (nSPS) is 17.0. The van der Waals surface area contributed by atoms with Gasteiger partial charge in [-0.1, -0.05) is 35.0 Å². The van der Waals surface area contributed by atoms with E-state index < -0.39 is 11.0 Å². The Morgan fingerprint density at radius 1 is 1.08 bits per heavy atom. The quantitative estimate of drug-likeness (QED) is 0.777. The summed E-state index contributed by atoms with van der Waals surface area (Å²) in [6, 6.07) is 13.9. The lowest BCUT2D eigenvalue weighted by molar-refractivity contribution is -0.127. The Morgan fingerprint density at radius 2 is 1.60 bits per heavy atom. The summed E-state index contributed by atoms with van der Waals surface area (Å²) in [5.74, 6) is 5.55. The topological polar surface area (TPSA) is 49.3 Å². The van der Waals surface area contributed by atoms with Crippen LogP contribution in [-0.4, -0.2) is 16.6 Å². The van der Waals surface area contributed by atoms with Gasteiger partial charge in [0, 0.05) is 21.3 Å². The Bertz CT molecular complexity index is 842. The summed E-state index contributed by atoms with van der Waals surface area (Å²) in [6.07, 6.45) is 1.18. The molecule has 0 radical (unpaired) electrons. The Morgan fingerprint density at radius 3 is 2.12 bits per heavy atom. The molecule has 1 atom stereocenters. The maximum Gasteiger partial charge on any atom is 0.234 e. The molecule has 2 N–H and O–H groups in total. The minimum absolute atomic E-state index is 0.231. The number of halogens is 2. The number of carbonyl (C=O) groups is 1. The summed E-state index contributed by atoms with van der Waals surface area (Å²) in [6.45, 7) is 1.59. The van der Waals surface area contributed by atoms with Crippen molar-refractivity contribution in [1.29, 1.82) is 0 Å². The number of anilines is 1. The summed E-state index contributed by atoms with van der Waals surface area (Å²) in [5, 5.41) is 14.9. The number of aliphatic hydroxyl groups is 1. The molecule has 1 amide bonds. The Kier molecular flexibility index (Phi) is 4.79. The molecule has 1 aliphatic rings. The standard InChI is InChI=1S/C20H17Cl2NO2/c1-19(25,11-10-14-2-4-15(21)5-3-14)20(12-13-20)18(24)23-17-8-6-16(22)7-9-17/h2-9,25H,12-13H2,1H3,(H,23,24). The van der Waals surface area contributed by atoms with Gasteiger partial charge in [0.2, 0.25) is 5.91 Å². The molecule has 1 unspecified atom stereocenters. The Labute approximate surface area is 157 Å². The summed E-state index contributed by atoms with van der Waals surface area (Å²) in [4.78, 5) is 12.7. The average Bonchev–Trinajstić information content (AvgIpc) is 3.39. The van der Waals surface area contributed by atoms with Gasteiger partial charge in [0.25, 0.3) is 0 Å². The number of hydrogen-bond donors (Lipinski definition) is 2. The van der Waals surface area contributed by atoms with Crippen molar-refractivity contribution in [2.45, 2.75) is 25.4 Å². The van der Waals surface area contributed by atoms with E-state index in [1.165, 1.54) is 0 Å². The first kappa shape index (κ1) is 17.8. The number of carbonyl (C=O) groups excluding carboxylic acids is 1. The van der Waals surface area contributed by atoms with E-state index in [-0.39, 0.29) is 5.91 Å². The molecule has 128 valence electrons. The summed E-state index contributed by atoms with van der Waals surface area (Å²) in [7, 11) is 0. The van der Waals surface area contributed by atoms with Gasteiger partial charge >= 0.3 is 0 Å². The predicted molar refractivity (Wildman–Crippen MR) is 101 cm³/mol. The van der Waals surface area contributed by atoms with E-state index in [1.54, 1.807) is 55.5 Å². The van der Waals surface area contributed by atoms with E-state index in [0.29, 0.717) is 28.6 Å². The molecule has 0 aliphatic heterocycles. The number of nitrogens with one attached hydrogen (secondary N) is 1. The van der Waals surface area contributed by atoms with Crippen LogP contribution in [0.3, 0.4) is 0 Å². The van der Waals surface area contributed by atoms with Crippen molar-refractivity contribution in [1.82, 2.24) is 0 Å². The third-order valence-electron chi connectivity index (χ3n) is 4.51. The SMILES string of the molecule is CC(O)(C#Cc1ccc(Cl)cc1)C1(C(=O)Nc2ccc(Cl)cc2)CC1. The van der Waals surface area contributed by atoms with Crippen LogP contribution in [0.25, 0.3) is 0 Å². The zero-order valence-electron chi connectivity index (χ0n) is 13.6. The first-order valence-electron chi connectivity index (χ1n) is 7.91. The highest BCUT2D eigenvalue weighted by atomic mass is 35.5. The Balaban J connectivity index is 1.77. The van der Waals surface area contributed by atoms with E-state index in [1.807, 2.05) is 0 Å². The fourth-order valence-electron chi connectivity index (χ4n) is 2.69. The highest BCUT2D eigenvalue weighted by molar-refractivity contribution is 6.30. The van der Waals surface area contributed by atoms with Crippen molar-refractivity contribution in [3.8, 4) is 11.8 Å². The van der Waals surface area contributed by atoms with E-state index >= 15 is 0 Å². The van der Waals surface area contributed by atoms with Crippen LogP contribution in [0.2, 0.25) is 10.0 Å². The fourth-order valence-corrected chi connectivity index (χ4v) is 2.94. The van der Waals surface area contributed by atoms with Crippen LogP contribution in [0, 0.1) is 17.3 Å². The minimum Gasteiger partial charge on any atom is -0.377 e. The van der Waals surface area contributed by atoms with Gasteiger partial charge in [-0.25, -0.2) is 0 Å². The molecule has 2 aromatic carbocycles. The maximum atomic E-state index is 12.7. The molecule has 1 aliphatic carbocycles. The number of hydrogen-bond acceptors (Lipinski definition) is 2. The molecular weight excluding hydrogens is 357 g/mol. The zero-order valence-corrected chi connectivity index (χ0v) is 15.2. The maximum absolute atomic E-state index is 12.7. The van der Waals surface area contributed by atoms with Gasteiger partial charge in [0.05, 0.1) is 5.41 Å². The fraction of sp³-hybridized carbons (Fsp3) is 0.250. The molecule has 2 aromatic rings. The van der Waals surface area contributed by atoms with Crippen LogP contribution in [0.1, 0.15) is 25.3 Å². The lowest BCUT2D eigenvalue weighted by atomic mass is 9.85. The van der Waals surface area contributed by atoms with E-state index in [9.17, 15) is 9.90 Å². The molecule has 1 fully saturated rings. The Hall–Kier alpha value is -1.99. The molecule has 3 rings (SSSR count). The van der Waals surface area contributed by atoms with Crippen molar-refractivity contribution in [2.75, 3.05) is 5.32 Å². The molecule has 5 heteroatoms. The van der Waals surface area contributed by atoms with Crippen LogP contribution in [0.4, 0.5) is 5.69 Å². The highest BCUT2D eigenvalue weighted by Gasteiger charge is 2.61. The molecule has 0 aromatic heterocycles. The molecular formula is C20H17Cl2NO2. The second-order valence-corrected chi connectivity index (χ2v) is 7.25. The van der Waals surface area contributed by atoms with Crippen LogP contribution in [0.5, 0.6) is 0 Å². The van der Waals surface area contributed by atoms with Crippen molar-refractivity contribution in [3.05, 3.63) is 64.1 Å². The number of benzene rings is 2. The van der Waals surface area contributed by atoms with Crippen molar-refractivity contribution in [2.24, 2.45) is 5.41 Å². The number of amides is 1. The molecule has 0 heterocycles. The van der Waals surface area contributed by atoms with E-state index in [4.69, 9.17) is 23.2 Å². The van der Waals surface area contributed by atoms with Crippen LogP contribution in [0.15, 0.2) is 48.5 Å². The van der Waals surface area contributed by atoms with E-state index in [2.05, 4.69) is 17.2 Å². The monoisotopic (exact) mass is 373 g/mol. The second-order valence-electron chi connectivity index (χ2n) is 6.37. The minimum atomic E-state index is -1.43. The van der Waals surface area contributed by atoms with Crippen LogP contribution < -0.4 is 5.32 Å². The van der Waals surface area contributed by atoms with Crippen LogP contribution in [-0.2, 0) is 4.79 Å². The first-order valence-corrected chi connectivity index (χ1v) is 8.66. The first-order chi connectivity index (χ1) is 11.8. The smallest absolute Gasteiger partial charge is 0.234 e. The van der Waals surface area contributed by atoms with Gasteiger partial charge in [0.15, 0.2) is 0 Å². The van der Waals surface area contributed by atoms with Crippen molar-refractivity contribution in [3.63, 3.8) is 0 Å². The van der Waals surface area contributed by atoms with Gasteiger partial charge in [-0.15, -0.1) is 0 Å². The molecule has 0 spiro atoms. The zero-order chi connectivity index (χ0) is 18.1. The summed E-state index contributed by atoms with van der Waals surface area (Å²) < 4.78 is 0. The van der Waals surface area contributed by atoms with E-state index in [0.717, 1.165) is 5.56 Å². The van der Waals surface area contributed by atoms with Gasteiger partial charge < -0.3 is 10.4 Å². The van der Waals surface area contributed by atoms with Gasteiger partial charge in [-0.05, 0) is 68.3 Å². The molecule has 0 bridgehead atoms. The summed E-state index contributed by atoms with van der Waals surface area (Å²) >= 11 is 11.7. The van der Waals surface area contributed by atoms with Gasteiger partial charge in [0.1, 0.15) is 5.60 Å². The molecule has 0 saturated heterocycles. The average molecular weight is 374 g/mol. The lowest BCUT2D eigenvalue weighted by Gasteiger charge is -2.27. The largest absolute Gasteiger partial charge is 0.377 e. The highest BCUT2D eigenvalue weighted by Crippen LogP contribution is 2.54. The third kappa shape index (κ3) is 3.82. The lowest BCUT2D eigenvalue weighted by Crippen LogP contribution is -2.43. The predicted octanol–water partition coefficient (Wildman–Crippen LogP) is 4.51. The second kappa shape index (κ2) is 6.72. The molecule has 25 heavy (non-hydrogen) atoms. The van der Waals surface area contributed by atoms with Gasteiger partial charge in [-0.3, -0.25) is 4.79 Å². The number of rotatable bonds is 3. The third-order valence-corrected chi connectivity index (χ3v) is 5.02. The van der Waals surface area contributed by atoms with Crippen molar-refractivity contribution >= 4 is 34.8 Å². The van der Waals surface area contributed by atoms with Crippen LogP contribution >= 0.6 is 23.2 Å². The summed E-state index contributed by atoms with van der Waals surface area (Å²) in [5.41, 5.74) is -0.949. The molecule has 3 nitrogen and oxygen atoms in total. The molecule has 1 saturated carbocycles. The van der Waals surface area contributed by atoms with Crippen molar-refractivity contribution < 1.29 is 9.90 Å².